The van der Waals surface area contributed by atoms with Crippen molar-refractivity contribution in [3.05, 3.63) is 59.2 Å². The van der Waals surface area contributed by atoms with Gasteiger partial charge in [0.05, 0.1) is 6.04 Å². The van der Waals surface area contributed by atoms with E-state index in [4.69, 9.17) is 0 Å². The molecule has 0 saturated carbocycles. The second kappa shape index (κ2) is 6.84. The Labute approximate surface area is 136 Å². The number of rotatable bonds is 6. The smallest absolute Gasteiger partial charge is 0.179 e. The predicted octanol–water partition coefficient (Wildman–Crippen LogP) is 2.76. The van der Waals surface area contributed by atoms with E-state index in [1.165, 1.54) is 5.56 Å². The zero-order chi connectivity index (χ0) is 16.2. The van der Waals surface area contributed by atoms with Crippen LogP contribution in [0.15, 0.2) is 42.5 Å². The Bertz CT molecular complexity index is 695. The predicted molar refractivity (Wildman–Crippen MR) is 92.2 cm³/mol. The van der Waals surface area contributed by atoms with E-state index in [1.807, 2.05) is 37.3 Å². The van der Waals surface area contributed by atoms with Crippen LogP contribution in [0.1, 0.15) is 28.4 Å². The molecule has 0 aliphatic carbocycles. The molecule has 1 atom stereocenters. The van der Waals surface area contributed by atoms with Gasteiger partial charge in [-0.1, -0.05) is 12.1 Å². The number of fused-ring (bicyclic) bond motifs is 1. The minimum Gasteiger partial charge on any atom is -0.508 e. The lowest BCUT2D eigenvalue weighted by molar-refractivity contribution is 0.0951. The van der Waals surface area contributed by atoms with Gasteiger partial charge < -0.3 is 15.7 Å². The summed E-state index contributed by atoms with van der Waals surface area (Å²) in [6.07, 6.45) is 1.81. The molecular formula is C19H22N2O2. The molecule has 1 heterocycles. The lowest BCUT2D eigenvalue weighted by Gasteiger charge is -2.13. The Balaban J connectivity index is 1.54. The molecule has 1 aliphatic heterocycles. The van der Waals surface area contributed by atoms with Crippen molar-refractivity contribution >= 4 is 11.5 Å². The lowest BCUT2D eigenvalue weighted by Crippen LogP contribution is -2.35. The molecule has 3 N–H and O–H groups in total. The zero-order valence-electron chi connectivity index (χ0n) is 13.3. The maximum atomic E-state index is 12.5. The summed E-state index contributed by atoms with van der Waals surface area (Å²) in [5, 5.41) is 15.9. The Morgan fingerprint density at radius 1 is 1.26 bits per heavy atom. The first kappa shape index (κ1) is 15.6. The van der Waals surface area contributed by atoms with Gasteiger partial charge in [-0.3, -0.25) is 4.79 Å². The summed E-state index contributed by atoms with van der Waals surface area (Å²) in [4.78, 5) is 12.5. The third-order valence-electron chi connectivity index (χ3n) is 4.29. The van der Waals surface area contributed by atoms with Crippen molar-refractivity contribution in [3.63, 3.8) is 0 Å². The molecule has 0 bridgehead atoms. The Kier molecular flexibility index (Phi) is 4.63. The van der Waals surface area contributed by atoms with Crippen LogP contribution in [-0.4, -0.2) is 30.0 Å². The molecule has 4 heteroatoms. The van der Waals surface area contributed by atoms with Gasteiger partial charge >= 0.3 is 0 Å². The SMILES string of the molecule is CC(NCCc1ccc(O)cc1)C(=O)c1ccc2c(c1)CCN2. The van der Waals surface area contributed by atoms with Gasteiger partial charge in [-0.2, -0.15) is 0 Å². The molecule has 2 aromatic rings. The van der Waals surface area contributed by atoms with Crippen molar-refractivity contribution in [1.29, 1.82) is 0 Å². The summed E-state index contributed by atoms with van der Waals surface area (Å²) >= 11 is 0. The van der Waals surface area contributed by atoms with E-state index in [0.717, 1.165) is 42.7 Å². The zero-order valence-corrected chi connectivity index (χ0v) is 13.3. The minimum absolute atomic E-state index is 0.130. The molecule has 2 aromatic carbocycles. The van der Waals surface area contributed by atoms with Crippen LogP contribution < -0.4 is 10.6 Å². The molecule has 0 radical (unpaired) electrons. The highest BCUT2D eigenvalue weighted by molar-refractivity contribution is 6.00. The highest BCUT2D eigenvalue weighted by Gasteiger charge is 2.17. The third-order valence-corrected chi connectivity index (χ3v) is 4.29. The fraction of sp³-hybridized carbons (Fsp3) is 0.316. The topological polar surface area (TPSA) is 61.4 Å². The van der Waals surface area contributed by atoms with Crippen LogP contribution in [0.4, 0.5) is 5.69 Å². The van der Waals surface area contributed by atoms with E-state index in [2.05, 4.69) is 10.6 Å². The van der Waals surface area contributed by atoms with Gasteiger partial charge in [0.2, 0.25) is 0 Å². The number of hydrogen-bond acceptors (Lipinski definition) is 4. The number of carbonyl (C=O) groups excluding carboxylic acids is 1. The third kappa shape index (κ3) is 3.71. The van der Waals surface area contributed by atoms with Crippen molar-refractivity contribution < 1.29 is 9.90 Å². The molecule has 1 unspecified atom stereocenters. The number of nitrogens with one attached hydrogen (secondary N) is 2. The van der Waals surface area contributed by atoms with E-state index in [9.17, 15) is 9.90 Å². The highest BCUT2D eigenvalue weighted by Crippen LogP contribution is 2.23. The quantitative estimate of drug-likeness (QED) is 0.718. The summed E-state index contributed by atoms with van der Waals surface area (Å²) in [5.74, 6) is 0.404. The largest absolute Gasteiger partial charge is 0.508 e. The summed E-state index contributed by atoms with van der Waals surface area (Å²) in [6, 6.07) is 12.9. The molecular weight excluding hydrogens is 288 g/mol. The molecule has 3 rings (SSSR count). The van der Waals surface area contributed by atoms with Gasteiger partial charge in [0.1, 0.15) is 5.75 Å². The molecule has 1 aliphatic rings. The van der Waals surface area contributed by atoms with Gasteiger partial charge in [0.25, 0.3) is 0 Å². The van der Waals surface area contributed by atoms with E-state index in [-0.39, 0.29) is 17.6 Å². The van der Waals surface area contributed by atoms with Crippen molar-refractivity contribution in [1.82, 2.24) is 5.32 Å². The maximum absolute atomic E-state index is 12.5. The molecule has 120 valence electrons. The standard InChI is InChI=1S/C19H22N2O2/c1-13(20-10-8-14-2-5-17(22)6-3-14)19(23)16-4-7-18-15(12-16)9-11-21-18/h2-7,12-13,20-22H,8-11H2,1H3. The van der Waals surface area contributed by atoms with Crippen molar-refractivity contribution in [2.24, 2.45) is 0 Å². The van der Waals surface area contributed by atoms with Crippen molar-refractivity contribution in [2.75, 3.05) is 18.4 Å². The summed E-state index contributed by atoms with van der Waals surface area (Å²) < 4.78 is 0. The Morgan fingerprint density at radius 3 is 2.83 bits per heavy atom. The number of Topliss-reactive ketones (excluding diaryl/α,β-unsaturated/α-hetero) is 1. The molecule has 4 nitrogen and oxygen atoms in total. The van der Waals surface area contributed by atoms with Crippen LogP contribution in [-0.2, 0) is 12.8 Å². The molecule has 0 fully saturated rings. The van der Waals surface area contributed by atoms with Crippen LogP contribution >= 0.6 is 0 Å². The van der Waals surface area contributed by atoms with Gasteiger partial charge in [-0.15, -0.1) is 0 Å². The molecule has 23 heavy (non-hydrogen) atoms. The first-order valence-electron chi connectivity index (χ1n) is 8.06. The van der Waals surface area contributed by atoms with Gasteiger partial charge in [0, 0.05) is 17.8 Å². The molecule has 0 saturated heterocycles. The van der Waals surface area contributed by atoms with Crippen LogP contribution in [0.5, 0.6) is 5.75 Å². The van der Waals surface area contributed by atoms with Crippen LogP contribution in [0.3, 0.4) is 0 Å². The Hall–Kier alpha value is -2.33. The highest BCUT2D eigenvalue weighted by atomic mass is 16.3. The number of phenolic OH excluding ortho intramolecular Hbond substituents is 1. The second-order valence-electron chi connectivity index (χ2n) is 6.01. The summed E-state index contributed by atoms with van der Waals surface area (Å²) in [7, 11) is 0. The first-order valence-corrected chi connectivity index (χ1v) is 8.06. The lowest BCUT2D eigenvalue weighted by atomic mass is 10.0. The van der Waals surface area contributed by atoms with Gasteiger partial charge in [0.15, 0.2) is 5.78 Å². The van der Waals surface area contributed by atoms with Gasteiger partial charge in [-0.05, 0) is 67.8 Å². The van der Waals surface area contributed by atoms with Gasteiger partial charge in [-0.25, -0.2) is 0 Å². The fourth-order valence-corrected chi connectivity index (χ4v) is 2.90. The van der Waals surface area contributed by atoms with Crippen LogP contribution in [0.2, 0.25) is 0 Å². The van der Waals surface area contributed by atoms with Crippen LogP contribution in [0, 0.1) is 0 Å². The maximum Gasteiger partial charge on any atom is 0.179 e. The van der Waals surface area contributed by atoms with E-state index in [0.29, 0.717) is 0 Å². The summed E-state index contributed by atoms with van der Waals surface area (Å²) in [6.45, 7) is 3.59. The summed E-state index contributed by atoms with van der Waals surface area (Å²) in [5.41, 5.74) is 4.29. The molecule has 0 spiro atoms. The number of hydrogen-bond donors (Lipinski definition) is 3. The fourth-order valence-electron chi connectivity index (χ4n) is 2.90. The average molecular weight is 310 g/mol. The Morgan fingerprint density at radius 2 is 2.04 bits per heavy atom. The number of aromatic hydroxyl groups is 1. The monoisotopic (exact) mass is 310 g/mol. The first-order chi connectivity index (χ1) is 11.1. The van der Waals surface area contributed by atoms with Crippen molar-refractivity contribution in [3.8, 4) is 5.75 Å². The second-order valence-corrected chi connectivity index (χ2v) is 6.01. The number of anilines is 1. The van der Waals surface area contributed by atoms with E-state index >= 15 is 0 Å². The number of phenols is 1. The minimum atomic E-state index is -0.209. The van der Waals surface area contributed by atoms with E-state index in [1.54, 1.807) is 12.1 Å². The number of carbonyl (C=O) groups is 1. The molecule has 0 aromatic heterocycles. The van der Waals surface area contributed by atoms with E-state index < -0.39 is 0 Å². The number of benzene rings is 2. The van der Waals surface area contributed by atoms with Crippen LogP contribution in [0.25, 0.3) is 0 Å². The average Bonchev–Trinajstić information content (AvgIpc) is 3.03. The van der Waals surface area contributed by atoms with Crippen molar-refractivity contribution in [2.45, 2.75) is 25.8 Å². The normalized spacial score (nSPS) is 14.1. The number of ketones is 1. The molecule has 0 amide bonds.